The fraction of sp³-hybridized carbons (Fsp3) is 0.188. The molecule has 0 unspecified atom stereocenters. The van der Waals surface area contributed by atoms with Gasteiger partial charge in [-0.3, -0.25) is 4.79 Å². The van der Waals surface area contributed by atoms with Crippen LogP contribution in [0.25, 0.3) is 11.1 Å². The van der Waals surface area contributed by atoms with E-state index >= 15 is 0 Å². The topological polar surface area (TPSA) is 43.1 Å². The number of rotatable bonds is 2. The molecule has 0 aliphatic heterocycles. The number of hydrogen-bond acceptors (Lipinski definition) is 1. The highest BCUT2D eigenvalue weighted by molar-refractivity contribution is 5.93. The highest BCUT2D eigenvalue weighted by Gasteiger charge is 2.07. The number of nitrogens with two attached hydrogens (primary N) is 1. The van der Waals surface area contributed by atoms with Crippen LogP contribution < -0.4 is 5.73 Å². The molecule has 2 N–H and O–H groups in total. The van der Waals surface area contributed by atoms with E-state index in [2.05, 4.69) is 32.9 Å². The molecule has 0 spiro atoms. The van der Waals surface area contributed by atoms with Crippen molar-refractivity contribution in [2.75, 3.05) is 0 Å². The molecule has 92 valence electrons. The lowest BCUT2D eigenvalue weighted by atomic mass is 9.93. The van der Waals surface area contributed by atoms with Crippen molar-refractivity contribution in [3.63, 3.8) is 0 Å². The molecule has 2 rings (SSSR count). The van der Waals surface area contributed by atoms with Gasteiger partial charge in [0.1, 0.15) is 0 Å². The lowest BCUT2D eigenvalue weighted by Gasteiger charge is -2.11. The maximum Gasteiger partial charge on any atom is 0.248 e. The number of benzene rings is 2. The predicted molar refractivity (Wildman–Crippen MR) is 74.6 cm³/mol. The molecule has 2 nitrogen and oxygen atoms in total. The highest BCUT2D eigenvalue weighted by Crippen LogP contribution is 2.28. The van der Waals surface area contributed by atoms with Crippen molar-refractivity contribution in [1.82, 2.24) is 0 Å². The third-order valence-electron chi connectivity index (χ3n) is 3.14. The van der Waals surface area contributed by atoms with Crippen LogP contribution in [0, 0.1) is 20.8 Å². The largest absolute Gasteiger partial charge is 0.366 e. The van der Waals surface area contributed by atoms with Crippen molar-refractivity contribution >= 4 is 5.91 Å². The first-order valence-corrected chi connectivity index (χ1v) is 5.97. The average Bonchev–Trinajstić information content (AvgIpc) is 2.28. The monoisotopic (exact) mass is 239 g/mol. The SMILES string of the molecule is Cc1cc(C)c(-c2ccc(C(N)=O)cc2)c(C)c1. The van der Waals surface area contributed by atoms with Crippen LogP contribution in [-0.4, -0.2) is 5.91 Å². The molecule has 0 atom stereocenters. The summed E-state index contributed by atoms with van der Waals surface area (Å²) in [5.41, 5.74) is 11.9. The van der Waals surface area contributed by atoms with Gasteiger partial charge in [-0.05, 0) is 55.2 Å². The lowest BCUT2D eigenvalue weighted by molar-refractivity contribution is 0.100. The fourth-order valence-electron chi connectivity index (χ4n) is 2.44. The van der Waals surface area contributed by atoms with E-state index in [0.717, 1.165) is 5.56 Å². The van der Waals surface area contributed by atoms with Gasteiger partial charge in [0.05, 0.1) is 0 Å². The summed E-state index contributed by atoms with van der Waals surface area (Å²) in [4.78, 5) is 11.0. The van der Waals surface area contributed by atoms with Crippen molar-refractivity contribution < 1.29 is 4.79 Å². The van der Waals surface area contributed by atoms with E-state index in [1.165, 1.54) is 22.3 Å². The maximum absolute atomic E-state index is 11.0. The summed E-state index contributed by atoms with van der Waals surface area (Å²) in [6.07, 6.45) is 0. The number of hydrogen-bond donors (Lipinski definition) is 1. The molecule has 0 heterocycles. The summed E-state index contributed by atoms with van der Waals surface area (Å²) in [6, 6.07) is 11.8. The quantitative estimate of drug-likeness (QED) is 0.857. The third kappa shape index (κ3) is 2.28. The smallest absolute Gasteiger partial charge is 0.248 e. The Morgan fingerprint density at radius 2 is 1.44 bits per heavy atom. The molecular weight excluding hydrogens is 222 g/mol. The molecule has 0 fully saturated rings. The predicted octanol–water partition coefficient (Wildman–Crippen LogP) is 3.38. The van der Waals surface area contributed by atoms with E-state index in [1.54, 1.807) is 12.1 Å². The Hall–Kier alpha value is -2.09. The Labute approximate surface area is 107 Å². The Bertz CT molecular complexity index is 574. The summed E-state index contributed by atoms with van der Waals surface area (Å²) < 4.78 is 0. The molecule has 2 aromatic carbocycles. The van der Waals surface area contributed by atoms with Crippen molar-refractivity contribution in [3.05, 3.63) is 58.7 Å². The molecule has 0 saturated heterocycles. The molecule has 0 aromatic heterocycles. The number of amides is 1. The van der Waals surface area contributed by atoms with Gasteiger partial charge >= 0.3 is 0 Å². The van der Waals surface area contributed by atoms with Crippen LogP contribution in [0.2, 0.25) is 0 Å². The van der Waals surface area contributed by atoms with Gasteiger partial charge in [-0.25, -0.2) is 0 Å². The van der Waals surface area contributed by atoms with Gasteiger partial charge in [0.15, 0.2) is 0 Å². The normalized spacial score (nSPS) is 10.4. The Kier molecular flexibility index (Phi) is 3.19. The molecule has 2 aromatic rings. The second kappa shape index (κ2) is 4.65. The van der Waals surface area contributed by atoms with Crippen molar-refractivity contribution in [2.24, 2.45) is 5.73 Å². The summed E-state index contributed by atoms with van der Waals surface area (Å²) in [6.45, 7) is 6.31. The zero-order chi connectivity index (χ0) is 13.3. The van der Waals surface area contributed by atoms with Crippen molar-refractivity contribution in [1.29, 1.82) is 0 Å². The molecule has 18 heavy (non-hydrogen) atoms. The zero-order valence-electron chi connectivity index (χ0n) is 10.9. The van der Waals surface area contributed by atoms with Crippen molar-refractivity contribution in [2.45, 2.75) is 20.8 Å². The van der Waals surface area contributed by atoms with Crippen LogP contribution in [0.15, 0.2) is 36.4 Å². The van der Waals surface area contributed by atoms with Gasteiger partial charge in [0, 0.05) is 5.56 Å². The van der Waals surface area contributed by atoms with Gasteiger partial charge in [-0.2, -0.15) is 0 Å². The fourth-order valence-corrected chi connectivity index (χ4v) is 2.44. The van der Waals surface area contributed by atoms with Gasteiger partial charge in [-0.15, -0.1) is 0 Å². The van der Waals surface area contributed by atoms with Crippen LogP contribution in [0.3, 0.4) is 0 Å². The highest BCUT2D eigenvalue weighted by atomic mass is 16.1. The van der Waals surface area contributed by atoms with Crippen LogP contribution >= 0.6 is 0 Å². The molecule has 1 amide bonds. The molecule has 0 radical (unpaired) electrons. The third-order valence-corrected chi connectivity index (χ3v) is 3.14. The van der Waals surface area contributed by atoms with E-state index < -0.39 is 0 Å². The minimum Gasteiger partial charge on any atom is -0.366 e. The summed E-state index contributed by atoms with van der Waals surface area (Å²) in [5.74, 6) is -0.390. The zero-order valence-corrected chi connectivity index (χ0v) is 10.9. The molecule has 2 heteroatoms. The average molecular weight is 239 g/mol. The standard InChI is InChI=1S/C16H17NO/c1-10-8-11(2)15(12(3)9-10)13-4-6-14(7-5-13)16(17)18/h4-9H,1-3H3,(H2,17,18). The van der Waals surface area contributed by atoms with E-state index in [9.17, 15) is 4.79 Å². The molecule has 0 bridgehead atoms. The lowest BCUT2D eigenvalue weighted by Crippen LogP contribution is -2.10. The first-order valence-electron chi connectivity index (χ1n) is 5.97. The van der Waals surface area contributed by atoms with Crippen LogP contribution in [0.4, 0.5) is 0 Å². The minimum absolute atomic E-state index is 0.390. The first kappa shape index (κ1) is 12.4. The summed E-state index contributed by atoms with van der Waals surface area (Å²) in [5, 5.41) is 0. The summed E-state index contributed by atoms with van der Waals surface area (Å²) in [7, 11) is 0. The van der Waals surface area contributed by atoms with Crippen LogP contribution in [-0.2, 0) is 0 Å². The molecule has 0 aliphatic carbocycles. The van der Waals surface area contributed by atoms with E-state index in [1.807, 2.05) is 12.1 Å². The van der Waals surface area contributed by atoms with Gasteiger partial charge in [0.25, 0.3) is 0 Å². The number of carbonyl (C=O) groups excluding carboxylic acids is 1. The number of carbonyl (C=O) groups is 1. The Morgan fingerprint density at radius 1 is 0.944 bits per heavy atom. The first-order chi connectivity index (χ1) is 8.49. The minimum atomic E-state index is -0.390. The van der Waals surface area contributed by atoms with E-state index in [0.29, 0.717) is 5.56 Å². The number of primary amides is 1. The van der Waals surface area contributed by atoms with Gasteiger partial charge in [-0.1, -0.05) is 29.8 Å². The summed E-state index contributed by atoms with van der Waals surface area (Å²) >= 11 is 0. The Balaban J connectivity index is 2.52. The van der Waals surface area contributed by atoms with Gasteiger partial charge < -0.3 is 5.73 Å². The van der Waals surface area contributed by atoms with Crippen LogP contribution in [0.5, 0.6) is 0 Å². The molecule has 0 aliphatic rings. The van der Waals surface area contributed by atoms with E-state index in [-0.39, 0.29) is 5.91 Å². The van der Waals surface area contributed by atoms with E-state index in [4.69, 9.17) is 5.73 Å². The van der Waals surface area contributed by atoms with Crippen LogP contribution in [0.1, 0.15) is 27.0 Å². The Morgan fingerprint density at radius 3 is 1.89 bits per heavy atom. The van der Waals surface area contributed by atoms with Crippen molar-refractivity contribution in [3.8, 4) is 11.1 Å². The van der Waals surface area contributed by atoms with Gasteiger partial charge in [0.2, 0.25) is 5.91 Å². The second-order valence-corrected chi connectivity index (χ2v) is 4.72. The molecular formula is C16H17NO. The molecule has 0 saturated carbocycles. The maximum atomic E-state index is 11.0. The second-order valence-electron chi connectivity index (χ2n) is 4.72. The number of aryl methyl sites for hydroxylation is 3.